The van der Waals surface area contributed by atoms with Crippen molar-refractivity contribution in [3.8, 4) is 5.75 Å². The number of aromatic carboxylic acids is 1. The van der Waals surface area contributed by atoms with Crippen LogP contribution in [0.2, 0.25) is 0 Å². The highest BCUT2D eigenvalue weighted by molar-refractivity contribution is 8.26. The molecule has 1 aliphatic rings. The summed E-state index contributed by atoms with van der Waals surface area (Å²) in [5.41, 5.74) is 0.415. The summed E-state index contributed by atoms with van der Waals surface area (Å²) in [5.74, 6) is -1.20. The van der Waals surface area contributed by atoms with Gasteiger partial charge in [-0.3, -0.25) is 4.79 Å². The van der Waals surface area contributed by atoms with Gasteiger partial charge in [0.2, 0.25) is 0 Å². The Morgan fingerprint density at radius 1 is 1.53 bits per heavy atom. The normalized spacial score (nSPS) is 16.6. The van der Waals surface area contributed by atoms with Crippen LogP contribution in [0.25, 0.3) is 6.08 Å². The molecule has 0 spiro atoms. The van der Waals surface area contributed by atoms with Crippen LogP contribution in [-0.2, 0) is 4.79 Å². The fourth-order valence-electron chi connectivity index (χ4n) is 1.63. The molecule has 19 heavy (non-hydrogen) atoms. The molecular weight excluding hydrogens is 286 g/mol. The van der Waals surface area contributed by atoms with Crippen LogP contribution in [0.3, 0.4) is 0 Å². The topological polar surface area (TPSA) is 75.6 Å². The maximum absolute atomic E-state index is 11.6. The van der Waals surface area contributed by atoms with Crippen LogP contribution in [-0.4, -0.2) is 28.4 Å². The average Bonchev–Trinajstić information content (AvgIpc) is 2.67. The van der Waals surface area contributed by atoms with E-state index in [1.165, 1.54) is 13.2 Å². The number of hydrogen-bond acceptors (Lipinski definition) is 5. The summed E-state index contributed by atoms with van der Waals surface area (Å²) in [6, 6.07) is 4.82. The molecule has 7 heteroatoms. The van der Waals surface area contributed by atoms with E-state index in [0.29, 0.717) is 14.8 Å². The number of carbonyl (C=O) groups excluding carboxylic acids is 1. The highest BCUT2D eigenvalue weighted by Crippen LogP contribution is 2.29. The largest absolute Gasteiger partial charge is 0.496 e. The lowest BCUT2D eigenvalue weighted by Gasteiger charge is -2.07. The van der Waals surface area contributed by atoms with Crippen LogP contribution in [0.1, 0.15) is 15.9 Å². The number of carbonyl (C=O) groups is 2. The van der Waals surface area contributed by atoms with Gasteiger partial charge in [0.15, 0.2) is 0 Å². The van der Waals surface area contributed by atoms with E-state index in [0.717, 1.165) is 11.8 Å². The minimum atomic E-state index is -1.12. The Labute approximate surface area is 118 Å². The number of amides is 1. The third-order valence-electron chi connectivity index (χ3n) is 2.42. The van der Waals surface area contributed by atoms with Crippen molar-refractivity contribution in [1.82, 2.24) is 5.32 Å². The number of thiocarbonyl (C=S) groups is 1. The van der Waals surface area contributed by atoms with Crippen molar-refractivity contribution in [3.05, 3.63) is 34.2 Å². The molecular formula is C12H9NO4S2. The zero-order chi connectivity index (χ0) is 14.0. The quantitative estimate of drug-likeness (QED) is 0.655. The van der Waals surface area contributed by atoms with E-state index in [9.17, 15) is 14.7 Å². The molecule has 0 aromatic heterocycles. The number of carboxylic acids is 1. The van der Waals surface area contributed by atoms with E-state index in [-0.39, 0.29) is 17.2 Å². The lowest BCUT2D eigenvalue weighted by Crippen LogP contribution is -2.17. The van der Waals surface area contributed by atoms with Crippen molar-refractivity contribution < 1.29 is 19.4 Å². The second kappa shape index (κ2) is 5.41. The van der Waals surface area contributed by atoms with Gasteiger partial charge in [-0.1, -0.05) is 36.1 Å². The maximum atomic E-state index is 11.6. The maximum Gasteiger partial charge on any atom is 0.340 e. The second-order valence-corrected chi connectivity index (χ2v) is 5.30. The molecule has 1 amide bonds. The number of benzene rings is 1. The molecule has 1 aromatic carbocycles. The van der Waals surface area contributed by atoms with Crippen molar-refractivity contribution in [1.29, 1.82) is 0 Å². The van der Waals surface area contributed by atoms with Gasteiger partial charge in [-0.25, -0.2) is 4.79 Å². The van der Waals surface area contributed by atoms with E-state index in [2.05, 4.69) is 5.32 Å². The van der Waals surface area contributed by atoms with E-state index in [4.69, 9.17) is 17.0 Å². The van der Waals surface area contributed by atoms with Crippen LogP contribution in [0.15, 0.2) is 23.1 Å². The summed E-state index contributed by atoms with van der Waals surface area (Å²) < 4.78 is 5.37. The number of methoxy groups -OCH3 is 1. The number of thioether (sulfide) groups is 1. The van der Waals surface area contributed by atoms with Gasteiger partial charge in [-0.2, -0.15) is 0 Å². The highest BCUT2D eigenvalue weighted by atomic mass is 32.2. The molecule has 0 saturated carbocycles. The fraction of sp³-hybridized carbons (Fsp3) is 0.0833. The van der Waals surface area contributed by atoms with E-state index >= 15 is 0 Å². The molecule has 0 bridgehead atoms. The van der Waals surface area contributed by atoms with Gasteiger partial charge >= 0.3 is 5.97 Å². The molecule has 2 N–H and O–H groups in total. The Morgan fingerprint density at radius 2 is 2.26 bits per heavy atom. The van der Waals surface area contributed by atoms with Gasteiger partial charge in [0.1, 0.15) is 15.6 Å². The summed E-state index contributed by atoms with van der Waals surface area (Å²) in [6.07, 6.45) is 1.49. The number of ether oxygens (including phenoxy) is 1. The van der Waals surface area contributed by atoms with Gasteiger partial charge in [0.25, 0.3) is 5.91 Å². The Balaban J connectivity index is 2.51. The standard InChI is InChI=1S/C12H9NO4S2/c1-17-7-4-2-3-6(9(7)11(15)16)5-8-10(14)13-12(18)19-8/h2-5H,1H3,(H,15,16)(H,13,14,18)/b8-5-. The molecule has 1 aliphatic heterocycles. The van der Waals surface area contributed by atoms with E-state index < -0.39 is 5.97 Å². The summed E-state index contributed by atoms with van der Waals surface area (Å²) in [7, 11) is 1.39. The predicted octanol–water partition coefficient (Wildman–Crippen LogP) is 1.88. The Hall–Kier alpha value is -1.86. The summed E-state index contributed by atoms with van der Waals surface area (Å²) in [6.45, 7) is 0. The molecule has 0 aliphatic carbocycles. The molecule has 5 nitrogen and oxygen atoms in total. The third-order valence-corrected chi connectivity index (χ3v) is 3.58. The number of nitrogens with one attached hydrogen (secondary N) is 1. The number of carboxylic acid groups (broad SMARTS) is 1. The molecule has 98 valence electrons. The lowest BCUT2D eigenvalue weighted by molar-refractivity contribution is -0.115. The van der Waals surface area contributed by atoms with Gasteiger partial charge in [0.05, 0.1) is 12.0 Å². The number of hydrogen-bond donors (Lipinski definition) is 2. The first-order valence-electron chi connectivity index (χ1n) is 5.18. The SMILES string of the molecule is COc1cccc(/C=C2\SC(=S)NC2=O)c1C(=O)O. The molecule has 1 fully saturated rings. The Morgan fingerprint density at radius 3 is 2.79 bits per heavy atom. The monoisotopic (exact) mass is 295 g/mol. The van der Waals surface area contributed by atoms with E-state index in [1.807, 2.05) is 0 Å². The molecule has 1 aromatic rings. The number of rotatable bonds is 3. The lowest BCUT2D eigenvalue weighted by atomic mass is 10.1. The third kappa shape index (κ3) is 2.77. The van der Waals surface area contributed by atoms with Crippen LogP contribution >= 0.6 is 24.0 Å². The van der Waals surface area contributed by atoms with E-state index in [1.54, 1.807) is 18.2 Å². The van der Waals surface area contributed by atoms with Crippen LogP contribution in [0, 0.1) is 0 Å². The van der Waals surface area contributed by atoms with Gasteiger partial charge in [-0.05, 0) is 17.7 Å². The molecule has 1 heterocycles. The Bertz CT molecular complexity index is 610. The smallest absolute Gasteiger partial charge is 0.340 e. The Kier molecular flexibility index (Phi) is 3.87. The van der Waals surface area contributed by atoms with Crippen molar-refractivity contribution >= 4 is 46.3 Å². The highest BCUT2D eigenvalue weighted by Gasteiger charge is 2.23. The van der Waals surface area contributed by atoms with Crippen molar-refractivity contribution in [2.24, 2.45) is 0 Å². The minimum absolute atomic E-state index is 0.0173. The van der Waals surface area contributed by atoms with Gasteiger partial charge in [-0.15, -0.1) is 0 Å². The van der Waals surface area contributed by atoms with Crippen molar-refractivity contribution in [2.45, 2.75) is 0 Å². The van der Waals surface area contributed by atoms with Crippen LogP contribution in [0.4, 0.5) is 0 Å². The molecule has 1 saturated heterocycles. The summed E-state index contributed by atoms with van der Waals surface area (Å²) >= 11 is 5.97. The predicted molar refractivity (Wildman–Crippen MR) is 76.3 cm³/mol. The summed E-state index contributed by atoms with van der Waals surface area (Å²) in [4.78, 5) is 23.2. The minimum Gasteiger partial charge on any atom is -0.496 e. The zero-order valence-corrected chi connectivity index (χ0v) is 11.4. The molecule has 0 radical (unpaired) electrons. The van der Waals surface area contributed by atoms with Crippen molar-refractivity contribution in [3.63, 3.8) is 0 Å². The van der Waals surface area contributed by atoms with Crippen molar-refractivity contribution in [2.75, 3.05) is 7.11 Å². The molecule has 0 atom stereocenters. The zero-order valence-electron chi connectivity index (χ0n) is 9.80. The van der Waals surface area contributed by atoms with Crippen LogP contribution in [0.5, 0.6) is 5.75 Å². The van der Waals surface area contributed by atoms with Gasteiger partial charge < -0.3 is 15.2 Å². The first-order valence-corrected chi connectivity index (χ1v) is 6.40. The second-order valence-electron chi connectivity index (χ2n) is 3.58. The first-order chi connectivity index (χ1) is 9.02. The average molecular weight is 295 g/mol. The molecule has 0 unspecified atom stereocenters. The summed E-state index contributed by atoms with van der Waals surface area (Å²) in [5, 5.41) is 11.7. The van der Waals surface area contributed by atoms with Gasteiger partial charge in [0, 0.05) is 0 Å². The first kappa shape index (κ1) is 13.6. The fourth-order valence-corrected chi connectivity index (χ4v) is 2.66. The van der Waals surface area contributed by atoms with Crippen LogP contribution < -0.4 is 10.1 Å². The molecule has 2 rings (SSSR count).